The topological polar surface area (TPSA) is 22.8 Å². The van der Waals surface area contributed by atoms with E-state index < -0.39 is 0 Å². The first-order chi connectivity index (χ1) is 22.3. The van der Waals surface area contributed by atoms with Crippen LogP contribution in [0.1, 0.15) is 0 Å². The monoisotopic (exact) mass is 591 g/mol. The van der Waals surface area contributed by atoms with Crippen molar-refractivity contribution in [1.29, 1.82) is 0 Å². The van der Waals surface area contributed by atoms with Gasteiger partial charge in [0.1, 0.15) is 5.65 Å². The average Bonchev–Trinajstić information content (AvgIpc) is 3.75. The van der Waals surface area contributed by atoms with Crippen molar-refractivity contribution in [2.75, 3.05) is 0 Å². The zero-order valence-corrected chi connectivity index (χ0v) is 25.0. The summed E-state index contributed by atoms with van der Waals surface area (Å²) in [5.74, 6) is 0. The van der Waals surface area contributed by atoms with Crippen molar-refractivity contribution < 1.29 is 0 Å². The maximum absolute atomic E-state index is 4.79. The van der Waals surface area contributed by atoms with Gasteiger partial charge in [-0.05, 0) is 77.9 Å². The highest BCUT2D eigenvalue weighted by Gasteiger charge is 2.16. The molecule has 0 radical (unpaired) electrons. The third-order valence-corrected chi connectivity index (χ3v) is 10.3. The minimum Gasteiger partial charge on any atom is -0.309 e. The first-order valence-corrected chi connectivity index (χ1v) is 16.0. The molecule has 10 rings (SSSR count). The predicted molar refractivity (Wildman–Crippen MR) is 191 cm³/mol. The Bertz CT molecular complexity index is 2710. The van der Waals surface area contributed by atoms with E-state index in [1.807, 2.05) is 23.6 Å². The van der Waals surface area contributed by atoms with Crippen LogP contribution in [0, 0.1) is 0 Å². The number of hydrogen-bond donors (Lipinski definition) is 0. The first kappa shape index (κ1) is 24.7. The summed E-state index contributed by atoms with van der Waals surface area (Å²) in [4.78, 5) is 4.79. The molecule has 0 spiro atoms. The minimum absolute atomic E-state index is 0.991. The lowest BCUT2D eigenvalue weighted by atomic mass is 10.0. The molecule has 0 saturated heterocycles. The molecule has 0 aliphatic heterocycles. The average molecular weight is 592 g/mol. The van der Waals surface area contributed by atoms with Crippen molar-refractivity contribution in [2.45, 2.75) is 0 Å². The number of hydrogen-bond acceptors (Lipinski definition) is 2. The lowest BCUT2D eigenvalue weighted by Crippen LogP contribution is -1.94. The second-order valence-corrected chi connectivity index (χ2v) is 12.7. The molecule has 210 valence electrons. The Morgan fingerprint density at radius 3 is 1.87 bits per heavy atom. The molecule has 6 aromatic carbocycles. The van der Waals surface area contributed by atoms with Gasteiger partial charge in [-0.1, -0.05) is 78.9 Å². The lowest BCUT2D eigenvalue weighted by molar-refractivity contribution is 1.14. The van der Waals surface area contributed by atoms with E-state index in [0.717, 1.165) is 11.3 Å². The fourth-order valence-electron chi connectivity index (χ4n) is 7.15. The molecule has 0 bridgehead atoms. The Balaban J connectivity index is 1.12. The highest BCUT2D eigenvalue weighted by molar-refractivity contribution is 7.25. The highest BCUT2D eigenvalue weighted by atomic mass is 32.1. The summed E-state index contributed by atoms with van der Waals surface area (Å²) in [5.41, 5.74) is 9.41. The molecule has 0 aliphatic rings. The van der Waals surface area contributed by atoms with Crippen LogP contribution in [0.15, 0.2) is 152 Å². The third-order valence-electron chi connectivity index (χ3n) is 9.17. The molecule has 0 amide bonds. The molecule has 0 N–H and O–H groups in total. The quantitative estimate of drug-likeness (QED) is 0.200. The van der Waals surface area contributed by atoms with Gasteiger partial charge in [-0.2, -0.15) is 0 Å². The largest absolute Gasteiger partial charge is 0.309 e. The summed E-state index contributed by atoms with van der Waals surface area (Å²) in [7, 11) is 0. The summed E-state index contributed by atoms with van der Waals surface area (Å²) >= 11 is 1.86. The van der Waals surface area contributed by atoms with E-state index in [1.54, 1.807) is 0 Å². The summed E-state index contributed by atoms with van der Waals surface area (Å²) in [6, 6.07) is 52.8. The smallest absolute Gasteiger partial charge is 0.145 e. The third kappa shape index (κ3) is 3.60. The molecule has 0 saturated carbocycles. The standard InChI is InChI=1S/C41H25N3S/c1-2-9-28(10-3-1)43-36-14-6-5-12-31(36)35-23-26(17-21-38(35)43)27-16-19-32-33-20-18-29(25-40(33)45-39(32)24-27)44-37-15-7-4-11-30(37)34-13-8-22-42-41(34)44/h1-25H. The van der Waals surface area contributed by atoms with Crippen molar-refractivity contribution in [3.05, 3.63) is 152 Å². The second-order valence-electron chi connectivity index (χ2n) is 11.6. The van der Waals surface area contributed by atoms with E-state index in [0.29, 0.717) is 0 Å². The summed E-state index contributed by atoms with van der Waals surface area (Å²) in [6.45, 7) is 0. The Morgan fingerprint density at radius 1 is 0.400 bits per heavy atom. The highest BCUT2D eigenvalue weighted by Crippen LogP contribution is 2.40. The van der Waals surface area contributed by atoms with Crippen molar-refractivity contribution in [1.82, 2.24) is 14.1 Å². The molecule has 0 aliphatic carbocycles. The molecule has 4 aromatic heterocycles. The number of pyridine rings is 1. The van der Waals surface area contributed by atoms with Crippen molar-refractivity contribution in [2.24, 2.45) is 0 Å². The number of rotatable bonds is 3. The molecule has 3 nitrogen and oxygen atoms in total. The number of fused-ring (bicyclic) bond motifs is 9. The lowest BCUT2D eigenvalue weighted by Gasteiger charge is -2.08. The molecular formula is C41H25N3S. The maximum atomic E-state index is 4.79. The number of thiophene rings is 1. The molecule has 0 fully saturated rings. The number of benzene rings is 6. The summed E-state index contributed by atoms with van der Waals surface area (Å²) < 4.78 is 7.24. The molecule has 4 heteroatoms. The Hall–Kier alpha value is -5.71. The second kappa shape index (κ2) is 9.39. The first-order valence-electron chi connectivity index (χ1n) is 15.2. The number of aromatic nitrogens is 3. The van der Waals surface area contributed by atoms with E-state index in [4.69, 9.17) is 4.98 Å². The van der Waals surface area contributed by atoms with Gasteiger partial charge in [0.05, 0.1) is 16.6 Å². The van der Waals surface area contributed by atoms with E-state index >= 15 is 0 Å². The van der Waals surface area contributed by atoms with Crippen LogP contribution in [0.2, 0.25) is 0 Å². The fraction of sp³-hybridized carbons (Fsp3) is 0. The van der Waals surface area contributed by atoms with Crippen LogP contribution in [0.3, 0.4) is 0 Å². The maximum Gasteiger partial charge on any atom is 0.145 e. The molecule has 4 heterocycles. The van der Waals surface area contributed by atoms with E-state index in [1.165, 1.54) is 75.1 Å². The zero-order chi connectivity index (χ0) is 29.5. The SMILES string of the molecule is c1ccc(-n2c3ccccc3c3cc(-c4ccc5c(c4)sc4cc(-n6c7ccccc7c7cccnc76)ccc45)ccc32)cc1. The van der Waals surface area contributed by atoms with Crippen LogP contribution >= 0.6 is 11.3 Å². The van der Waals surface area contributed by atoms with Crippen LogP contribution in [0.4, 0.5) is 0 Å². The van der Waals surface area contributed by atoms with Crippen LogP contribution in [0.5, 0.6) is 0 Å². The Morgan fingerprint density at radius 2 is 1.02 bits per heavy atom. The fourth-order valence-corrected chi connectivity index (χ4v) is 8.33. The van der Waals surface area contributed by atoms with Crippen LogP contribution in [-0.4, -0.2) is 14.1 Å². The summed E-state index contributed by atoms with van der Waals surface area (Å²) in [6.07, 6.45) is 1.88. The van der Waals surface area contributed by atoms with Crippen molar-refractivity contribution >= 4 is 75.3 Å². The molecule has 10 aromatic rings. The zero-order valence-electron chi connectivity index (χ0n) is 24.2. The number of para-hydroxylation sites is 3. The van der Waals surface area contributed by atoms with Crippen LogP contribution in [0.25, 0.3) is 86.4 Å². The summed E-state index contributed by atoms with van der Waals surface area (Å²) in [5, 5.41) is 7.54. The number of nitrogens with zero attached hydrogens (tertiary/aromatic N) is 3. The van der Waals surface area contributed by atoms with Crippen LogP contribution < -0.4 is 0 Å². The van der Waals surface area contributed by atoms with Crippen LogP contribution in [-0.2, 0) is 0 Å². The van der Waals surface area contributed by atoms with Crippen molar-refractivity contribution in [3.63, 3.8) is 0 Å². The van der Waals surface area contributed by atoms with Gasteiger partial charge in [-0.15, -0.1) is 11.3 Å². The Kier molecular flexibility index (Phi) is 5.16. The van der Waals surface area contributed by atoms with Crippen molar-refractivity contribution in [3.8, 4) is 22.5 Å². The van der Waals surface area contributed by atoms with Gasteiger partial charge in [-0.3, -0.25) is 4.57 Å². The molecule has 45 heavy (non-hydrogen) atoms. The normalized spacial score (nSPS) is 12.0. The van der Waals surface area contributed by atoms with Gasteiger partial charge in [0, 0.05) is 59.3 Å². The van der Waals surface area contributed by atoms with E-state index in [2.05, 4.69) is 149 Å². The van der Waals surface area contributed by atoms with Gasteiger partial charge in [0.15, 0.2) is 0 Å². The van der Waals surface area contributed by atoms with E-state index in [-0.39, 0.29) is 0 Å². The van der Waals surface area contributed by atoms with Gasteiger partial charge >= 0.3 is 0 Å². The molecular weight excluding hydrogens is 567 g/mol. The van der Waals surface area contributed by atoms with Gasteiger partial charge in [0.25, 0.3) is 0 Å². The molecule has 0 atom stereocenters. The van der Waals surface area contributed by atoms with Gasteiger partial charge in [-0.25, -0.2) is 4.98 Å². The minimum atomic E-state index is 0.991. The predicted octanol–water partition coefficient (Wildman–Crippen LogP) is 11.3. The van der Waals surface area contributed by atoms with Gasteiger partial charge in [0.2, 0.25) is 0 Å². The Labute approximate surface area is 262 Å². The van der Waals surface area contributed by atoms with Gasteiger partial charge < -0.3 is 4.57 Å². The van der Waals surface area contributed by atoms with E-state index in [9.17, 15) is 0 Å². The molecule has 0 unspecified atom stereocenters.